The van der Waals surface area contributed by atoms with Crippen molar-refractivity contribution < 1.29 is 26.3 Å². The third-order valence-electron chi connectivity index (χ3n) is 0.403. The summed E-state index contributed by atoms with van der Waals surface area (Å²) in [6.07, 6.45) is -9.35. The molecule has 0 aliphatic carbocycles. The fraction of sp³-hybridized carbons (Fsp3) is 0.500. The highest BCUT2D eigenvalue weighted by Gasteiger charge is 2.24. The van der Waals surface area contributed by atoms with Crippen LogP contribution in [0.2, 0.25) is 0 Å². The van der Waals surface area contributed by atoms with E-state index < -0.39 is 34.0 Å². The Labute approximate surface area is 61.4 Å². The zero-order chi connectivity index (χ0) is 9.12. The molecule has 0 radical (unpaired) electrons. The largest absolute Gasteiger partial charge is 0.418 e. The molecule has 7 heteroatoms. The van der Waals surface area contributed by atoms with Crippen LogP contribution in [-0.4, -0.2) is 23.1 Å². The van der Waals surface area contributed by atoms with Crippen molar-refractivity contribution in [2.24, 2.45) is 0 Å². The molecule has 66 valence electrons. The van der Waals surface area contributed by atoms with Crippen LogP contribution in [0.3, 0.4) is 0 Å². The van der Waals surface area contributed by atoms with Gasteiger partial charge >= 0.3 is 12.4 Å². The maximum absolute atomic E-state index is 11.2. The van der Waals surface area contributed by atoms with Crippen molar-refractivity contribution in [3.8, 4) is 0 Å². The Morgan fingerprint density at radius 3 is 1.18 bits per heavy atom. The fourth-order valence-corrected chi connectivity index (χ4v) is 0.565. The minimum Gasteiger partial charge on any atom is -0.166 e. The van der Waals surface area contributed by atoms with Crippen LogP contribution in [0.15, 0.2) is 0 Å². The molecular formula is C4H2F6S. The molecule has 0 aromatic rings. The summed E-state index contributed by atoms with van der Waals surface area (Å²) < 4.78 is 67.0. The van der Waals surface area contributed by atoms with E-state index in [9.17, 15) is 26.3 Å². The summed E-state index contributed by atoms with van der Waals surface area (Å²) in [6, 6.07) is 0. The van der Waals surface area contributed by atoms with Crippen LogP contribution in [0.1, 0.15) is 0 Å². The van der Waals surface area contributed by atoms with Gasteiger partial charge in [-0.3, -0.25) is 0 Å². The number of hydrogen-bond donors (Lipinski definition) is 0. The van der Waals surface area contributed by atoms with E-state index in [0.29, 0.717) is 0 Å². The van der Waals surface area contributed by atoms with Crippen LogP contribution in [0.4, 0.5) is 26.3 Å². The molecule has 0 saturated carbocycles. The molecule has 0 heterocycles. The Bertz CT molecular complexity index is 162. The Balaban J connectivity index is 4.25. The average Bonchev–Trinajstić information content (AvgIpc) is 1.55. The minimum atomic E-state index is -4.67. The lowest BCUT2D eigenvalue weighted by Gasteiger charge is -1.95. The fourth-order valence-electron chi connectivity index (χ4n) is 0.188. The van der Waals surface area contributed by atoms with Crippen LogP contribution in [-0.2, 0) is 0 Å². The first-order valence-corrected chi connectivity index (χ1v) is 3.13. The second kappa shape index (κ2) is 3.29. The van der Waals surface area contributed by atoms with Gasteiger partial charge in [-0.1, -0.05) is 0 Å². The van der Waals surface area contributed by atoms with Crippen molar-refractivity contribution in [3.05, 3.63) is 0 Å². The number of halogens is 6. The predicted octanol–water partition coefficient (Wildman–Crippen LogP) is 2.45. The Kier molecular flexibility index (Phi) is 3.15. The van der Waals surface area contributed by atoms with E-state index in [2.05, 4.69) is 0 Å². The highest BCUT2D eigenvalue weighted by atomic mass is 32.1. The van der Waals surface area contributed by atoms with E-state index in [1.165, 1.54) is 0 Å². The Morgan fingerprint density at radius 2 is 1.00 bits per heavy atom. The zero-order valence-corrected chi connectivity index (χ0v) is 5.65. The van der Waals surface area contributed by atoms with Crippen molar-refractivity contribution >= 4 is 21.7 Å². The van der Waals surface area contributed by atoms with E-state index in [0.717, 1.165) is 0 Å². The van der Waals surface area contributed by atoms with Gasteiger partial charge in [-0.2, -0.15) is 26.3 Å². The lowest BCUT2D eigenvalue weighted by atomic mass is 10.8. The van der Waals surface area contributed by atoms with Crippen molar-refractivity contribution in [3.63, 3.8) is 0 Å². The normalized spacial score (nSPS) is 12.5. The SMILES string of the molecule is FC(F)(F)C=S=CC(F)(F)F. The smallest absolute Gasteiger partial charge is 0.166 e. The van der Waals surface area contributed by atoms with Gasteiger partial charge in [0, 0.05) is 0 Å². The minimum absolute atomic E-state index is 0.433. The van der Waals surface area contributed by atoms with Gasteiger partial charge in [0.2, 0.25) is 0 Å². The van der Waals surface area contributed by atoms with E-state index in [-0.39, 0.29) is 0 Å². The highest BCUT2D eigenvalue weighted by Crippen LogP contribution is 2.14. The second-order valence-electron chi connectivity index (χ2n) is 1.46. The highest BCUT2D eigenvalue weighted by molar-refractivity contribution is 7.96. The molecule has 11 heavy (non-hydrogen) atoms. The number of rotatable bonds is 0. The standard InChI is InChI=1S/C4H2F6S/c5-3(6,7)1-11-2-4(8,9)10/h1-2H. The molecule has 0 nitrogen and oxygen atoms in total. The Hall–Kier alpha value is -0.460. The van der Waals surface area contributed by atoms with Crippen molar-refractivity contribution in [2.75, 3.05) is 0 Å². The molecule has 0 aliphatic rings. The molecule has 0 N–H and O–H groups in total. The summed E-state index contributed by atoms with van der Waals surface area (Å²) in [6.45, 7) is 0. The summed E-state index contributed by atoms with van der Waals surface area (Å²) in [5.41, 5.74) is 0. The van der Waals surface area contributed by atoms with Crippen LogP contribution >= 0.6 is 10.9 Å². The van der Waals surface area contributed by atoms with Gasteiger partial charge in [-0.15, -0.1) is 10.9 Å². The van der Waals surface area contributed by atoms with Crippen LogP contribution < -0.4 is 0 Å². The van der Waals surface area contributed by atoms with Gasteiger partial charge < -0.3 is 0 Å². The topological polar surface area (TPSA) is 0 Å². The van der Waals surface area contributed by atoms with Crippen LogP contribution in [0, 0.1) is 0 Å². The Morgan fingerprint density at radius 1 is 0.727 bits per heavy atom. The summed E-state index contributed by atoms with van der Waals surface area (Å²) in [5, 5.41) is -0.888. The van der Waals surface area contributed by atoms with Gasteiger partial charge in [0.1, 0.15) is 0 Å². The molecular weight excluding hydrogens is 194 g/mol. The lowest BCUT2D eigenvalue weighted by molar-refractivity contribution is -0.0516. The lowest BCUT2D eigenvalue weighted by Crippen LogP contribution is -2.09. The third-order valence-corrected chi connectivity index (χ3v) is 1.21. The van der Waals surface area contributed by atoms with E-state index in [4.69, 9.17) is 0 Å². The third kappa shape index (κ3) is 9.54. The van der Waals surface area contributed by atoms with Crippen LogP contribution in [0.25, 0.3) is 0 Å². The molecule has 0 atom stereocenters. The van der Waals surface area contributed by atoms with Crippen molar-refractivity contribution in [2.45, 2.75) is 12.4 Å². The average molecular weight is 196 g/mol. The molecule has 0 aromatic carbocycles. The van der Waals surface area contributed by atoms with Gasteiger partial charge in [0.05, 0.1) is 10.7 Å². The first-order valence-electron chi connectivity index (χ1n) is 2.18. The molecule has 0 saturated heterocycles. The first kappa shape index (κ1) is 10.5. The zero-order valence-electron chi connectivity index (χ0n) is 4.83. The number of hydrogen-bond acceptors (Lipinski definition) is 0. The maximum Gasteiger partial charge on any atom is 0.418 e. The van der Waals surface area contributed by atoms with E-state index in [1.54, 1.807) is 0 Å². The quantitative estimate of drug-likeness (QED) is 0.412. The van der Waals surface area contributed by atoms with E-state index in [1.807, 2.05) is 0 Å². The number of alkyl halides is 6. The monoisotopic (exact) mass is 196 g/mol. The van der Waals surface area contributed by atoms with Crippen LogP contribution in [0.5, 0.6) is 0 Å². The van der Waals surface area contributed by atoms with Gasteiger partial charge in [-0.05, 0) is 0 Å². The van der Waals surface area contributed by atoms with Crippen molar-refractivity contribution in [1.29, 1.82) is 0 Å². The predicted molar refractivity (Wildman–Crippen MR) is 31.8 cm³/mol. The van der Waals surface area contributed by atoms with Crippen molar-refractivity contribution in [1.82, 2.24) is 0 Å². The summed E-state index contributed by atoms with van der Waals surface area (Å²) >= 11 is 0. The molecule has 0 rings (SSSR count). The molecule has 0 spiro atoms. The first-order chi connectivity index (χ1) is 4.71. The molecule has 0 amide bonds. The second-order valence-corrected chi connectivity index (χ2v) is 2.20. The maximum atomic E-state index is 11.2. The van der Waals surface area contributed by atoms with Gasteiger partial charge in [0.15, 0.2) is 0 Å². The van der Waals surface area contributed by atoms with Gasteiger partial charge in [0.25, 0.3) is 0 Å². The van der Waals surface area contributed by atoms with E-state index >= 15 is 0 Å². The molecule has 0 aliphatic heterocycles. The molecule has 0 aromatic heterocycles. The molecule has 0 fully saturated rings. The van der Waals surface area contributed by atoms with Gasteiger partial charge in [-0.25, -0.2) is 0 Å². The molecule has 0 bridgehead atoms. The summed E-state index contributed by atoms with van der Waals surface area (Å²) in [5.74, 6) is 0. The summed E-state index contributed by atoms with van der Waals surface area (Å²) in [7, 11) is -0.433. The summed E-state index contributed by atoms with van der Waals surface area (Å²) in [4.78, 5) is 0. The molecule has 0 unspecified atom stereocenters.